The van der Waals surface area contributed by atoms with Gasteiger partial charge in [-0.2, -0.15) is 0 Å². The third kappa shape index (κ3) is 2.81. The van der Waals surface area contributed by atoms with E-state index in [0.29, 0.717) is 12.0 Å². The first-order chi connectivity index (χ1) is 16.3. The Hall–Kier alpha value is -4.04. The van der Waals surface area contributed by atoms with Gasteiger partial charge >= 0.3 is 0 Å². The highest BCUT2D eigenvalue weighted by Gasteiger charge is 2.38. The summed E-state index contributed by atoms with van der Waals surface area (Å²) in [5.41, 5.74) is 10.2. The number of nitrogens with one attached hydrogen (secondary N) is 1. The van der Waals surface area contributed by atoms with Gasteiger partial charge in [-0.1, -0.05) is 78.4 Å². The predicted octanol–water partition coefficient (Wildman–Crippen LogP) is 7.89. The predicted molar refractivity (Wildman–Crippen MR) is 139 cm³/mol. The van der Waals surface area contributed by atoms with Gasteiger partial charge in [-0.15, -0.1) is 0 Å². The molecular weight excluding hydrogens is 400 g/mol. The molecule has 1 aromatic heterocycles. The summed E-state index contributed by atoms with van der Waals surface area (Å²) in [6, 6.07) is 33.4. The summed E-state index contributed by atoms with van der Waals surface area (Å²) >= 11 is 0. The van der Waals surface area contributed by atoms with E-state index in [4.69, 9.17) is 0 Å². The molecule has 2 aliphatic rings. The maximum absolute atomic E-state index is 3.54. The number of fused-ring (bicyclic) bond motifs is 6. The van der Waals surface area contributed by atoms with Crippen molar-refractivity contribution in [1.82, 2.24) is 4.98 Å². The van der Waals surface area contributed by atoms with Crippen LogP contribution < -0.4 is 4.90 Å². The van der Waals surface area contributed by atoms with Crippen LogP contribution >= 0.6 is 0 Å². The van der Waals surface area contributed by atoms with Crippen LogP contribution in [0.2, 0.25) is 0 Å². The number of aromatic amines is 1. The lowest BCUT2D eigenvalue weighted by atomic mass is 9.86. The van der Waals surface area contributed by atoms with Crippen LogP contribution in [0.15, 0.2) is 109 Å². The van der Waals surface area contributed by atoms with Crippen LogP contribution in [-0.4, -0.2) is 11.0 Å². The average molecular weight is 425 g/mol. The minimum Gasteiger partial charge on any atom is -0.355 e. The molecule has 1 aliphatic heterocycles. The molecule has 5 aromatic rings. The number of nitrogens with zero attached hydrogens (tertiary/aromatic N) is 1. The van der Waals surface area contributed by atoms with Gasteiger partial charge < -0.3 is 9.88 Å². The van der Waals surface area contributed by atoms with Crippen molar-refractivity contribution < 1.29 is 0 Å². The quantitative estimate of drug-likeness (QED) is 0.305. The SMILES string of the molecule is Cc1ccc(N2c3ccccc3C3C=C(c4ccc5[nH]c6ccccc6c5c4)C=CC32)cc1. The summed E-state index contributed by atoms with van der Waals surface area (Å²) in [6.45, 7) is 2.14. The van der Waals surface area contributed by atoms with Crippen molar-refractivity contribution in [2.24, 2.45) is 0 Å². The molecule has 7 rings (SSSR count). The van der Waals surface area contributed by atoms with Crippen molar-refractivity contribution in [2.75, 3.05) is 4.90 Å². The summed E-state index contributed by atoms with van der Waals surface area (Å²) < 4.78 is 0. The second-order valence-corrected chi connectivity index (χ2v) is 9.19. The Morgan fingerprint density at radius 1 is 0.758 bits per heavy atom. The summed E-state index contributed by atoms with van der Waals surface area (Å²) in [6.07, 6.45) is 7.16. The summed E-state index contributed by atoms with van der Waals surface area (Å²) in [4.78, 5) is 6.03. The van der Waals surface area contributed by atoms with Gasteiger partial charge in [0.05, 0.1) is 6.04 Å². The topological polar surface area (TPSA) is 19.0 Å². The fourth-order valence-electron chi connectivity index (χ4n) is 5.58. The zero-order valence-electron chi connectivity index (χ0n) is 18.5. The van der Waals surface area contributed by atoms with E-state index >= 15 is 0 Å². The Bertz CT molecular complexity index is 1580. The van der Waals surface area contributed by atoms with Crippen molar-refractivity contribution >= 4 is 38.8 Å². The molecule has 0 radical (unpaired) electrons. The number of aromatic nitrogens is 1. The van der Waals surface area contributed by atoms with Crippen LogP contribution in [0.4, 0.5) is 11.4 Å². The van der Waals surface area contributed by atoms with E-state index in [9.17, 15) is 0 Å². The van der Waals surface area contributed by atoms with E-state index in [1.807, 2.05) is 0 Å². The van der Waals surface area contributed by atoms with Crippen LogP contribution in [0.3, 0.4) is 0 Å². The molecule has 4 aromatic carbocycles. The van der Waals surface area contributed by atoms with Crippen molar-refractivity contribution in [3.63, 3.8) is 0 Å². The summed E-state index contributed by atoms with van der Waals surface area (Å²) in [5, 5.41) is 2.57. The monoisotopic (exact) mass is 424 g/mol. The minimum absolute atomic E-state index is 0.297. The highest BCUT2D eigenvalue weighted by molar-refractivity contribution is 6.08. The van der Waals surface area contributed by atoms with Crippen LogP contribution in [0.1, 0.15) is 22.6 Å². The normalized spacial score (nSPS) is 19.1. The van der Waals surface area contributed by atoms with E-state index in [-0.39, 0.29) is 0 Å². The molecule has 158 valence electrons. The van der Waals surface area contributed by atoms with Gasteiger partial charge in [0.2, 0.25) is 0 Å². The number of aryl methyl sites for hydroxylation is 1. The van der Waals surface area contributed by atoms with Crippen molar-refractivity contribution in [2.45, 2.75) is 18.9 Å². The van der Waals surface area contributed by atoms with Crippen LogP contribution in [0.5, 0.6) is 0 Å². The lowest BCUT2D eigenvalue weighted by Gasteiger charge is -2.30. The number of allylic oxidation sites excluding steroid dienone is 2. The molecule has 1 N–H and O–H groups in total. The molecular formula is C31H24N2. The number of anilines is 2. The summed E-state index contributed by atoms with van der Waals surface area (Å²) in [7, 11) is 0. The smallest absolute Gasteiger partial charge is 0.0630 e. The molecule has 2 unspecified atom stereocenters. The maximum Gasteiger partial charge on any atom is 0.0630 e. The third-order valence-corrected chi connectivity index (χ3v) is 7.21. The molecule has 2 nitrogen and oxygen atoms in total. The van der Waals surface area contributed by atoms with E-state index in [1.165, 1.54) is 55.4 Å². The van der Waals surface area contributed by atoms with Gasteiger partial charge in [-0.25, -0.2) is 0 Å². The fraction of sp³-hybridized carbons (Fsp3) is 0.0968. The third-order valence-electron chi connectivity index (χ3n) is 7.21. The van der Waals surface area contributed by atoms with Gasteiger partial charge in [0, 0.05) is 39.1 Å². The molecule has 0 amide bonds. The molecule has 1 aliphatic carbocycles. The number of H-pyrrole nitrogens is 1. The van der Waals surface area contributed by atoms with Crippen LogP contribution in [0, 0.1) is 6.92 Å². The van der Waals surface area contributed by atoms with Gasteiger partial charge in [0.1, 0.15) is 0 Å². The van der Waals surface area contributed by atoms with Crippen LogP contribution in [-0.2, 0) is 0 Å². The Balaban J connectivity index is 1.34. The second-order valence-electron chi connectivity index (χ2n) is 9.19. The molecule has 0 saturated heterocycles. The van der Waals surface area contributed by atoms with Gasteiger partial charge in [-0.05, 0) is 60.0 Å². The van der Waals surface area contributed by atoms with Crippen molar-refractivity contribution in [3.05, 3.63) is 126 Å². The molecule has 2 atom stereocenters. The van der Waals surface area contributed by atoms with Crippen molar-refractivity contribution in [1.29, 1.82) is 0 Å². The highest BCUT2D eigenvalue weighted by Crippen LogP contribution is 2.49. The van der Waals surface area contributed by atoms with Crippen LogP contribution in [0.25, 0.3) is 27.4 Å². The Morgan fingerprint density at radius 3 is 2.45 bits per heavy atom. The largest absolute Gasteiger partial charge is 0.355 e. The van der Waals surface area contributed by atoms with E-state index in [1.54, 1.807) is 0 Å². The number of rotatable bonds is 2. The van der Waals surface area contributed by atoms with E-state index < -0.39 is 0 Å². The first kappa shape index (κ1) is 18.5. The average Bonchev–Trinajstić information content (AvgIpc) is 3.39. The van der Waals surface area contributed by atoms with Gasteiger partial charge in [-0.3, -0.25) is 0 Å². The molecule has 0 fully saturated rings. The van der Waals surface area contributed by atoms with Gasteiger partial charge in [0.15, 0.2) is 0 Å². The van der Waals surface area contributed by atoms with E-state index in [2.05, 4.69) is 126 Å². The number of para-hydroxylation sites is 2. The summed E-state index contributed by atoms with van der Waals surface area (Å²) in [5.74, 6) is 0.334. The fourth-order valence-corrected chi connectivity index (χ4v) is 5.58. The van der Waals surface area contributed by atoms with Gasteiger partial charge in [0.25, 0.3) is 0 Å². The first-order valence-corrected chi connectivity index (χ1v) is 11.6. The Labute approximate surface area is 193 Å². The lowest BCUT2D eigenvalue weighted by molar-refractivity contribution is 0.747. The second kappa shape index (κ2) is 6.98. The molecule has 2 heterocycles. The number of hydrogen-bond acceptors (Lipinski definition) is 1. The lowest BCUT2D eigenvalue weighted by Crippen LogP contribution is -2.28. The van der Waals surface area contributed by atoms with Crippen molar-refractivity contribution in [3.8, 4) is 0 Å². The maximum atomic E-state index is 3.54. The zero-order chi connectivity index (χ0) is 21.9. The molecule has 0 saturated carbocycles. The number of hydrogen-bond donors (Lipinski definition) is 1. The Kier molecular flexibility index (Phi) is 3.92. The highest BCUT2D eigenvalue weighted by atomic mass is 15.2. The first-order valence-electron chi connectivity index (χ1n) is 11.6. The molecule has 0 bridgehead atoms. The minimum atomic E-state index is 0.297. The number of benzene rings is 4. The standard InChI is InChI=1S/C31H24N2/c1-20-10-14-23(15-11-20)33-30-9-5-3-7-25(30)27-19-22(13-17-31(27)33)21-12-16-29-26(18-21)24-6-2-4-8-28(24)32-29/h2-19,27,31-32H,1H3. The van der Waals surface area contributed by atoms with E-state index in [0.717, 1.165) is 0 Å². The molecule has 2 heteroatoms. The molecule has 33 heavy (non-hydrogen) atoms. The molecule has 0 spiro atoms. The Morgan fingerprint density at radius 2 is 1.55 bits per heavy atom. The zero-order valence-corrected chi connectivity index (χ0v) is 18.5.